The average Bonchev–Trinajstić information content (AvgIpc) is 2.33. The van der Waals surface area contributed by atoms with Crippen molar-refractivity contribution in [1.29, 1.82) is 0 Å². The van der Waals surface area contributed by atoms with Gasteiger partial charge in [-0.3, -0.25) is 4.79 Å². The lowest BCUT2D eigenvalue weighted by atomic mass is 9.83. The molecule has 18 heavy (non-hydrogen) atoms. The third kappa shape index (κ3) is 2.75. The summed E-state index contributed by atoms with van der Waals surface area (Å²) in [5.74, 6) is 0. The highest BCUT2D eigenvalue weighted by Gasteiger charge is 2.29. The van der Waals surface area contributed by atoms with Crippen molar-refractivity contribution in [3.8, 4) is 0 Å². The van der Waals surface area contributed by atoms with Crippen LogP contribution < -0.4 is 10.9 Å². The van der Waals surface area contributed by atoms with Gasteiger partial charge in [0.25, 0.3) is 5.56 Å². The Balaban J connectivity index is 2.19. The molecule has 0 atom stereocenters. The fourth-order valence-corrected chi connectivity index (χ4v) is 2.63. The molecule has 1 saturated carbocycles. The highest BCUT2D eigenvalue weighted by atomic mass is 16.3. The number of aliphatic hydroxyl groups is 1. The fourth-order valence-electron chi connectivity index (χ4n) is 2.63. The molecule has 2 N–H and O–H groups in total. The third-order valence-corrected chi connectivity index (χ3v) is 3.77. The minimum atomic E-state index is -0.556. The molecule has 0 saturated heterocycles. The molecule has 0 aromatic carbocycles. The third-order valence-electron chi connectivity index (χ3n) is 3.77. The van der Waals surface area contributed by atoms with Crippen molar-refractivity contribution < 1.29 is 5.11 Å². The fraction of sp³-hybridized carbons (Fsp3) is 0.643. The first-order valence-corrected chi connectivity index (χ1v) is 6.71. The van der Waals surface area contributed by atoms with E-state index in [0.717, 1.165) is 32.2 Å². The van der Waals surface area contributed by atoms with E-state index >= 15 is 0 Å². The Morgan fingerprint density at radius 1 is 1.50 bits per heavy atom. The summed E-state index contributed by atoms with van der Waals surface area (Å²) in [5.41, 5.74) is 0.155. The van der Waals surface area contributed by atoms with Crippen LogP contribution >= 0.6 is 0 Å². The lowest BCUT2D eigenvalue weighted by Gasteiger charge is -2.34. The van der Waals surface area contributed by atoms with Gasteiger partial charge in [0, 0.05) is 18.8 Å². The van der Waals surface area contributed by atoms with Gasteiger partial charge in [-0.15, -0.1) is 0 Å². The van der Waals surface area contributed by atoms with Gasteiger partial charge < -0.3 is 15.0 Å². The number of hydrogen-bond acceptors (Lipinski definition) is 3. The first-order chi connectivity index (χ1) is 8.53. The van der Waals surface area contributed by atoms with E-state index in [9.17, 15) is 9.90 Å². The summed E-state index contributed by atoms with van der Waals surface area (Å²) >= 11 is 0. The second-order valence-electron chi connectivity index (χ2n) is 5.39. The summed E-state index contributed by atoms with van der Waals surface area (Å²) in [4.78, 5) is 12.3. The molecule has 1 aromatic heterocycles. The molecular weight excluding hydrogens is 228 g/mol. The lowest BCUT2D eigenvalue weighted by Crippen LogP contribution is -2.35. The second kappa shape index (κ2) is 5.14. The Bertz CT molecular complexity index is 455. The lowest BCUT2D eigenvalue weighted by molar-refractivity contribution is 0.00956. The van der Waals surface area contributed by atoms with E-state index in [1.807, 2.05) is 36.7 Å². The van der Waals surface area contributed by atoms with E-state index in [-0.39, 0.29) is 11.6 Å². The number of pyridine rings is 1. The highest BCUT2D eigenvalue weighted by Crippen LogP contribution is 2.33. The maximum absolute atomic E-state index is 12.3. The van der Waals surface area contributed by atoms with Crippen LogP contribution in [0.2, 0.25) is 0 Å². The van der Waals surface area contributed by atoms with Gasteiger partial charge in [0.2, 0.25) is 0 Å². The topological polar surface area (TPSA) is 54.3 Å². The van der Waals surface area contributed by atoms with Crippen LogP contribution in [0.25, 0.3) is 0 Å². The first-order valence-electron chi connectivity index (χ1n) is 6.71. The van der Waals surface area contributed by atoms with Crippen molar-refractivity contribution in [2.24, 2.45) is 0 Å². The van der Waals surface area contributed by atoms with Crippen molar-refractivity contribution in [2.45, 2.75) is 51.2 Å². The predicted octanol–water partition coefficient (Wildman–Crippen LogP) is 2.15. The van der Waals surface area contributed by atoms with Gasteiger partial charge in [-0.1, -0.05) is 0 Å². The second-order valence-corrected chi connectivity index (χ2v) is 5.39. The summed E-state index contributed by atoms with van der Waals surface area (Å²) in [6.07, 6.45) is 5.10. The molecule has 0 aliphatic heterocycles. The molecule has 0 radical (unpaired) electrons. The minimum Gasteiger partial charge on any atom is -0.390 e. The SMILES string of the molecule is CCNc1cccn(C2CCC(C)(O)CC2)c1=O. The quantitative estimate of drug-likeness (QED) is 0.864. The summed E-state index contributed by atoms with van der Waals surface area (Å²) in [5, 5.41) is 13.0. The molecule has 100 valence electrons. The zero-order chi connectivity index (χ0) is 13.2. The molecular formula is C14H22N2O2. The Morgan fingerprint density at radius 2 is 2.17 bits per heavy atom. The predicted molar refractivity (Wildman–Crippen MR) is 73.0 cm³/mol. The van der Waals surface area contributed by atoms with Crippen LogP contribution in [-0.2, 0) is 0 Å². The van der Waals surface area contributed by atoms with Crippen LogP contribution in [-0.4, -0.2) is 21.8 Å². The van der Waals surface area contributed by atoms with Gasteiger partial charge in [0.05, 0.1) is 5.60 Å². The normalized spacial score (nSPS) is 28.1. The Kier molecular flexibility index (Phi) is 3.76. The molecule has 4 nitrogen and oxygen atoms in total. The maximum Gasteiger partial charge on any atom is 0.274 e. The Labute approximate surface area is 108 Å². The van der Waals surface area contributed by atoms with E-state index in [1.165, 1.54) is 0 Å². The van der Waals surface area contributed by atoms with Crippen LogP contribution in [0.15, 0.2) is 23.1 Å². The molecule has 1 heterocycles. The summed E-state index contributed by atoms with van der Waals surface area (Å²) < 4.78 is 1.81. The van der Waals surface area contributed by atoms with Crippen LogP contribution in [0.4, 0.5) is 5.69 Å². The van der Waals surface area contributed by atoms with Crippen LogP contribution in [0.3, 0.4) is 0 Å². The van der Waals surface area contributed by atoms with Crippen molar-refractivity contribution >= 4 is 5.69 Å². The van der Waals surface area contributed by atoms with Crippen LogP contribution in [0, 0.1) is 0 Å². The smallest absolute Gasteiger partial charge is 0.274 e. The molecule has 1 aliphatic rings. The van der Waals surface area contributed by atoms with Gasteiger partial charge in [0.1, 0.15) is 5.69 Å². The molecule has 2 rings (SSSR count). The largest absolute Gasteiger partial charge is 0.390 e. The number of nitrogens with zero attached hydrogens (tertiary/aromatic N) is 1. The van der Waals surface area contributed by atoms with Crippen molar-refractivity contribution in [1.82, 2.24) is 4.57 Å². The number of rotatable bonds is 3. The van der Waals surface area contributed by atoms with E-state index in [4.69, 9.17) is 0 Å². The van der Waals surface area contributed by atoms with Gasteiger partial charge in [0.15, 0.2) is 0 Å². The summed E-state index contributed by atoms with van der Waals surface area (Å²) in [7, 11) is 0. The van der Waals surface area contributed by atoms with E-state index in [1.54, 1.807) is 0 Å². The summed E-state index contributed by atoms with van der Waals surface area (Å²) in [6.45, 7) is 4.61. The molecule has 4 heteroatoms. The van der Waals surface area contributed by atoms with E-state index < -0.39 is 5.60 Å². The highest BCUT2D eigenvalue weighted by molar-refractivity contribution is 5.40. The number of hydrogen-bond donors (Lipinski definition) is 2. The summed E-state index contributed by atoms with van der Waals surface area (Å²) in [6, 6.07) is 3.95. The molecule has 1 fully saturated rings. The van der Waals surface area contributed by atoms with Crippen molar-refractivity contribution in [2.75, 3.05) is 11.9 Å². The Morgan fingerprint density at radius 3 is 2.78 bits per heavy atom. The zero-order valence-electron chi connectivity index (χ0n) is 11.1. The van der Waals surface area contributed by atoms with Crippen molar-refractivity contribution in [3.63, 3.8) is 0 Å². The van der Waals surface area contributed by atoms with Crippen LogP contribution in [0.5, 0.6) is 0 Å². The van der Waals surface area contributed by atoms with E-state index in [0.29, 0.717) is 5.69 Å². The van der Waals surface area contributed by atoms with Gasteiger partial charge >= 0.3 is 0 Å². The number of anilines is 1. The first kappa shape index (κ1) is 13.1. The van der Waals surface area contributed by atoms with Crippen LogP contribution in [0.1, 0.15) is 45.6 Å². The molecule has 0 bridgehead atoms. The molecule has 1 aromatic rings. The molecule has 0 amide bonds. The monoisotopic (exact) mass is 250 g/mol. The van der Waals surface area contributed by atoms with Gasteiger partial charge in [-0.2, -0.15) is 0 Å². The van der Waals surface area contributed by atoms with E-state index in [2.05, 4.69) is 5.32 Å². The number of aromatic nitrogens is 1. The molecule has 1 aliphatic carbocycles. The standard InChI is InChI=1S/C14H22N2O2/c1-3-15-12-5-4-10-16(13(12)17)11-6-8-14(2,18)9-7-11/h4-5,10-11,15,18H,3,6-9H2,1-2H3. The average molecular weight is 250 g/mol. The van der Waals surface area contributed by atoms with Gasteiger partial charge in [-0.05, 0) is 51.7 Å². The maximum atomic E-state index is 12.3. The molecule has 0 spiro atoms. The zero-order valence-corrected chi connectivity index (χ0v) is 11.1. The Hall–Kier alpha value is -1.29. The number of nitrogens with one attached hydrogen (secondary N) is 1. The molecule has 0 unspecified atom stereocenters. The van der Waals surface area contributed by atoms with Gasteiger partial charge in [-0.25, -0.2) is 0 Å². The minimum absolute atomic E-state index is 0.0471. The van der Waals surface area contributed by atoms with Crippen molar-refractivity contribution in [3.05, 3.63) is 28.7 Å².